The number of nitrogens with zero attached hydrogens (tertiary/aromatic N) is 1. The highest BCUT2D eigenvalue weighted by atomic mass is 16.5. The van der Waals surface area contributed by atoms with E-state index in [2.05, 4.69) is 18.7 Å². The largest absolute Gasteiger partial charge is 0.387 e. The Bertz CT molecular complexity index is 302. The van der Waals surface area contributed by atoms with Crippen molar-refractivity contribution in [1.82, 2.24) is 4.90 Å². The molecular weight excluding hydrogens is 214 g/mol. The molecule has 2 atom stereocenters. The van der Waals surface area contributed by atoms with Gasteiger partial charge < -0.3 is 9.84 Å². The van der Waals surface area contributed by atoms with Crippen LogP contribution in [0.1, 0.15) is 25.5 Å². The maximum atomic E-state index is 10.3. The zero-order chi connectivity index (χ0) is 12.7. The number of likely N-dealkylation sites (N-methyl/N-ethyl adjacent to an activating group) is 1. The van der Waals surface area contributed by atoms with E-state index in [4.69, 9.17) is 4.74 Å². The lowest BCUT2D eigenvalue weighted by Crippen LogP contribution is -2.39. The quantitative estimate of drug-likeness (QED) is 0.788. The molecule has 17 heavy (non-hydrogen) atoms. The summed E-state index contributed by atoms with van der Waals surface area (Å²) in [5.41, 5.74) is 0.968. The van der Waals surface area contributed by atoms with E-state index in [0.29, 0.717) is 6.61 Å². The van der Waals surface area contributed by atoms with Gasteiger partial charge in [-0.2, -0.15) is 0 Å². The molecule has 0 saturated carbocycles. The van der Waals surface area contributed by atoms with Crippen LogP contribution in [0.2, 0.25) is 0 Å². The summed E-state index contributed by atoms with van der Waals surface area (Å²) >= 11 is 0. The highest BCUT2D eigenvalue weighted by Gasteiger charge is 2.21. The predicted octanol–water partition coefficient (Wildman–Crippen LogP) is 2.08. The topological polar surface area (TPSA) is 32.7 Å². The standard InChI is InChI=1S/C14H23NO2/c1-4-15(10-11-17-3)12(2)14(16)13-8-6-5-7-9-13/h5-9,12,14,16H,4,10-11H2,1-3H3. The summed E-state index contributed by atoms with van der Waals surface area (Å²) < 4.78 is 5.09. The van der Waals surface area contributed by atoms with E-state index in [1.807, 2.05) is 30.3 Å². The monoisotopic (exact) mass is 237 g/mol. The number of ether oxygens (including phenoxy) is 1. The first-order valence-electron chi connectivity index (χ1n) is 6.16. The molecule has 2 unspecified atom stereocenters. The smallest absolute Gasteiger partial charge is 0.0942 e. The number of methoxy groups -OCH3 is 1. The first kappa shape index (κ1) is 14.2. The molecule has 0 aliphatic carbocycles. The first-order chi connectivity index (χ1) is 8.20. The minimum atomic E-state index is -0.451. The van der Waals surface area contributed by atoms with Crippen LogP contribution in [0.3, 0.4) is 0 Å². The van der Waals surface area contributed by atoms with Gasteiger partial charge in [0.25, 0.3) is 0 Å². The van der Waals surface area contributed by atoms with Crippen LogP contribution in [0.15, 0.2) is 30.3 Å². The fraction of sp³-hybridized carbons (Fsp3) is 0.571. The summed E-state index contributed by atoms with van der Waals surface area (Å²) in [5.74, 6) is 0. The van der Waals surface area contributed by atoms with Crippen LogP contribution >= 0.6 is 0 Å². The van der Waals surface area contributed by atoms with Gasteiger partial charge in [0.1, 0.15) is 0 Å². The van der Waals surface area contributed by atoms with Gasteiger partial charge in [0.15, 0.2) is 0 Å². The van der Waals surface area contributed by atoms with Crippen molar-refractivity contribution in [1.29, 1.82) is 0 Å². The van der Waals surface area contributed by atoms with E-state index in [1.165, 1.54) is 0 Å². The maximum absolute atomic E-state index is 10.3. The number of benzene rings is 1. The number of aliphatic hydroxyl groups is 1. The van der Waals surface area contributed by atoms with Gasteiger partial charge in [0.05, 0.1) is 12.7 Å². The molecule has 0 radical (unpaired) electrons. The summed E-state index contributed by atoms with van der Waals surface area (Å²) in [6.07, 6.45) is -0.451. The highest BCUT2D eigenvalue weighted by Crippen LogP contribution is 2.20. The lowest BCUT2D eigenvalue weighted by molar-refractivity contribution is 0.0446. The maximum Gasteiger partial charge on any atom is 0.0942 e. The Labute approximate surface area is 104 Å². The van der Waals surface area contributed by atoms with E-state index in [1.54, 1.807) is 7.11 Å². The van der Waals surface area contributed by atoms with Crippen molar-refractivity contribution >= 4 is 0 Å². The minimum absolute atomic E-state index is 0.0950. The Kier molecular flexibility index (Phi) is 6.19. The summed E-state index contributed by atoms with van der Waals surface area (Å²) in [6.45, 7) is 6.60. The molecule has 0 saturated heterocycles. The molecule has 3 nitrogen and oxygen atoms in total. The number of rotatable bonds is 7. The molecule has 0 fully saturated rings. The van der Waals surface area contributed by atoms with Gasteiger partial charge in [-0.15, -0.1) is 0 Å². The molecule has 1 N–H and O–H groups in total. The molecule has 0 spiro atoms. The third-order valence-electron chi connectivity index (χ3n) is 3.16. The highest BCUT2D eigenvalue weighted by molar-refractivity contribution is 5.18. The van der Waals surface area contributed by atoms with E-state index in [9.17, 15) is 5.11 Å². The van der Waals surface area contributed by atoms with Crippen molar-refractivity contribution in [2.45, 2.75) is 26.0 Å². The van der Waals surface area contributed by atoms with Crippen LogP contribution in [-0.4, -0.2) is 42.9 Å². The van der Waals surface area contributed by atoms with E-state index < -0.39 is 6.10 Å². The zero-order valence-corrected chi connectivity index (χ0v) is 11.0. The van der Waals surface area contributed by atoms with Gasteiger partial charge in [-0.1, -0.05) is 37.3 Å². The fourth-order valence-corrected chi connectivity index (χ4v) is 1.99. The summed E-state index contributed by atoms with van der Waals surface area (Å²) in [5, 5.41) is 10.3. The van der Waals surface area contributed by atoms with Gasteiger partial charge in [-0.25, -0.2) is 0 Å². The third-order valence-corrected chi connectivity index (χ3v) is 3.16. The van der Waals surface area contributed by atoms with Crippen molar-refractivity contribution in [2.24, 2.45) is 0 Å². The van der Waals surface area contributed by atoms with Crippen molar-refractivity contribution in [2.75, 3.05) is 26.8 Å². The van der Waals surface area contributed by atoms with Crippen molar-refractivity contribution in [3.05, 3.63) is 35.9 Å². The summed E-state index contributed by atoms with van der Waals surface area (Å²) in [6, 6.07) is 9.89. The van der Waals surface area contributed by atoms with Crippen LogP contribution < -0.4 is 0 Å². The summed E-state index contributed by atoms with van der Waals surface area (Å²) in [4.78, 5) is 2.22. The Morgan fingerprint density at radius 1 is 1.29 bits per heavy atom. The van der Waals surface area contributed by atoms with Crippen LogP contribution in [0.25, 0.3) is 0 Å². The molecule has 0 aromatic heterocycles. The van der Waals surface area contributed by atoms with Gasteiger partial charge >= 0.3 is 0 Å². The molecular formula is C14H23NO2. The Morgan fingerprint density at radius 3 is 2.47 bits per heavy atom. The van der Waals surface area contributed by atoms with Crippen molar-refractivity contribution in [3.63, 3.8) is 0 Å². The molecule has 3 heteroatoms. The number of hydrogen-bond acceptors (Lipinski definition) is 3. The molecule has 0 aliphatic rings. The normalized spacial score (nSPS) is 14.9. The van der Waals surface area contributed by atoms with Gasteiger partial charge in [-0.3, -0.25) is 4.90 Å². The Morgan fingerprint density at radius 2 is 1.94 bits per heavy atom. The average Bonchev–Trinajstić information content (AvgIpc) is 2.39. The number of aliphatic hydroxyl groups excluding tert-OH is 1. The Hall–Kier alpha value is -0.900. The minimum Gasteiger partial charge on any atom is -0.387 e. The van der Waals surface area contributed by atoms with Crippen LogP contribution in [-0.2, 0) is 4.74 Å². The number of hydrogen-bond donors (Lipinski definition) is 1. The van der Waals surface area contributed by atoms with Gasteiger partial charge in [0, 0.05) is 19.7 Å². The molecule has 0 bridgehead atoms. The molecule has 96 valence electrons. The van der Waals surface area contributed by atoms with Gasteiger partial charge in [-0.05, 0) is 19.0 Å². The molecule has 1 rings (SSSR count). The lowest BCUT2D eigenvalue weighted by atomic mass is 10.0. The molecule has 1 aromatic carbocycles. The molecule has 0 amide bonds. The fourth-order valence-electron chi connectivity index (χ4n) is 1.99. The van der Waals surface area contributed by atoms with Crippen LogP contribution in [0.5, 0.6) is 0 Å². The average molecular weight is 237 g/mol. The van der Waals surface area contributed by atoms with Crippen molar-refractivity contribution in [3.8, 4) is 0 Å². The van der Waals surface area contributed by atoms with Crippen LogP contribution in [0.4, 0.5) is 0 Å². The first-order valence-corrected chi connectivity index (χ1v) is 6.16. The van der Waals surface area contributed by atoms with E-state index in [0.717, 1.165) is 18.7 Å². The van der Waals surface area contributed by atoms with Gasteiger partial charge in [0.2, 0.25) is 0 Å². The lowest BCUT2D eigenvalue weighted by Gasteiger charge is -2.31. The molecule has 0 heterocycles. The van der Waals surface area contributed by atoms with E-state index >= 15 is 0 Å². The van der Waals surface area contributed by atoms with Crippen LogP contribution in [0, 0.1) is 0 Å². The van der Waals surface area contributed by atoms with Crippen molar-refractivity contribution < 1.29 is 9.84 Å². The second-order valence-electron chi connectivity index (χ2n) is 4.22. The zero-order valence-electron chi connectivity index (χ0n) is 11.0. The second kappa shape index (κ2) is 7.43. The summed E-state index contributed by atoms with van der Waals surface area (Å²) in [7, 11) is 1.70. The second-order valence-corrected chi connectivity index (χ2v) is 4.22. The Balaban J connectivity index is 2.63. The molecule has 0 aliphatic heterocycles. The predicted molar refractivity (Wildman–Crippen MR) is 70.0 cm³/mol. The third kappa shape index (κ3) is 4.11. The molecule has 1 aromatic rings. The van der Waals surface area contributed by atoms with E-state index in [-0.39, 0.29) is 6.04 Å². The SMILES string of the molecule is CCN(CCOC)C(C)C(O)c1ccccc1.